The lowest BCUT2D eigenvalue weighted by Gasteiger charge is -2.16. The molecule has 0 fully saturated rings. The minimum absolute atomic E-state index is 0.131. The summed E-state index contributed by atoms with van der Waals surface area (Å²) >= 11 is 0. The van der Waals surface area contributed by atoms with E-state index in [1.807, 2.05) is 13.1 Å². The lowest BCUT2D eigenvalue weighted by Crippen LogP contribution is -2.34. The third kappa shape index (κ3) is 4.73. The number of nitrogens with zero attached hydrogens (tertiary/aromatic N) is 1. The van der Waals surface area contributed by atoms with Gasteiger partial charge in [0.15, 0.2) is 0 Å². The molecule has 1 rings (SSSR count). The Morgan fingerprint density at radius 1 is 1.39 bits per heavy atom. The predicted molar refractivity (Wildman–Crippen MR) is 72.6 cm³/mol. The average Bonchev–Trinajstić information content (AvgIpc) is 2.36. The lowest BCUT2D eigenvalue weighted by molar-refractivity contribution is 0.0948. The number of anilines is 1. The molecule has 3 N–H and O–H groups in total. The number of benzene rings is 1. The summed E-state index contributed by atoms with van der Waals surface area (Å²) in [6, 6.07) is 7.06. The second-order valence-corrected chi connectivity index (χ2v) is 4.14. The van der Waals surface area contributed by atoms with Gasteiger partial charge in [0.25, 0.3) is 5.91 Å². The van der Waals surface area contributed by atoms with Crippen molar-refractivity contribution in [2.45, 2.75) is 0 Å². The zero-order valence-corrected chi connectivity index (χ0v) is 11.0. The summed E-state index contributed by atoms with van der Waals surface area (Å²) in [6.07, 6.45) is 0. The molecule has 5 nitrogen and oxygen atoms in total. The van der Waals surface area contributed by atoms with E-state index in [2.05, 4.69) is 10.2 Å². The maximum Gasteiger partial charge on any atom is 0.253 e. The van der Waals surface area contributed by atoms with Crippen LogP contribution in [-0.4, -0.2) is 51.2 Å². The molecule has 0 saturated carbocycles. The van der Waals surface area contributed by atoms with E-state index in [9.17, 15) is 4.79 Å². The lowest BCUT2D eigenvalue weighted by atomic mass is 10.1. The van der Waals surface area contributed by atoms with Gasteiger partial charge in [-0.3, -0.25) is 4.79 Å². The number of ether oxygens (including phenoxy) is 1. The fraction of sp³-hybridized carbons (Fsp3) is 0.462. The van der Waals surface area contributed by atoms with Gasteiger partial charge in [-0.15, -0.1) is 0 Å². The molecule has 0 aromatic heterocycles. The van der Waals surface area contributed by atoms with Gasteiger partial charge >= 0.3 is 0 Å². The number of nitrogens with two attached hydrogens (primary N) is 1. The van der Waals surface area contributed by atoms with Crippen molar-refractivity contribution in [3.63, 3.8) is 0 Å². The topological polar surface area (TPSA) is 67.6 Å². The Labute approximate surface area is 108 Å². The number of hydrogen-bond acceptors (Lipinski definition) is 4. The summed E-state index contributed by atoms with van der Waals surface area (Å²) in [5, 5.41) is 2.85. The molecular weight excluding hydrogens is 230 g/mol. The molecule has 0 aliphatic carbocycles. The summed E-state index contributed by atoms with van der Waals surface area (Å²) in [4.78, 5) is 13.9. The highest BCUT2D eigenvalue weighted by atomic mass is 16.5. The van der Waals surface area contributed by atoms with Crippen LogP contribution in [0.2, 0.25) is 0 Å². The van der Waals surface area contributed by atoms with Crippen molar-refractivity contribution in [2.24, 2.45) is 0 Å². The molecule has 0 spiro atoms. The summed E-state index contributed by atoms with van der Waals surface area (Å²) in [6.45, 7) is 2.91. The van der Waals surface area contributed by atoms with Crippen molar-refractivity contribution in [3.8, 4) is 0 Å². The Hall–Kier alpha value is -1.59. The normalized spacial score (nSPS) is 10.6. The second-order valence-electron chi connectivity index (χ2n) is 4.14. The van der Waals surface area contributed by atoms with Crippen molar-refractivity contribution in [1.82, 2.24) is 10.2 Å². The van der Waals surface area contributed by atoms with Crippen LogP contribution in [0.3, 0.4) is 0 Å². The number of hydrogen-bond donors (Lipinski definition) is 2. The first kappa shape index (κ1) is 14.5. The smallest absolute Gasteiger partial charge is 0.253 e. The van der Waals surface area contributed by atoms with E-state index >= 15 is 0 Å². The van der Waals surface area contributed by atoms with Crippen LogP contribution in [0.15, 0.2) is 24.3 Å². The SMILES string of the molecule is COCCN(C)CCNC(=O)c1ccccc1N. The van der Waals surface area contributed by atoms with Gasteiger partial charge in [0, 0.05) is 32.4 Å². The number of methoxy groups -OCH3 is 1. The molecule has 0 saturated heterocycles. The molecule has 0 bridgehead atoms. The van der Waals surface area contributed by atoms with Gasteiger partial charge in [-0.05, 0) is 19.2 Å². The number of nitrogens with one attached hydrogen (secondary N) is 1. The monoisotopic (exact) mass is 251 g/mol. The highest BCUT2D eigenvalue weighted by Crippen LogP contribution is 2.09. The first-order chi connectivity index (χ1) is 8.65. The molecule has 0 aliphatic heterocycles. The van der Waals surface area contributed by atoms with Crippen LogP contribution in [0, 0.1) is 0 Å². The number of likely N-dealkylation sites (N-methyl/N-ethyl adjacent to an activating group) is 1. The molecule has 0 radical (unpaired) electrons. The second kappa shape index (κ2) is 7.68. The quantitative estimate of drug-likeness (QED) is 0.696. The number of carbonyl (C=O) groups is 1. The van der Waals surface area contributed by atoms with Crippen molar-refractivity contribution < 1.29 is 9.53 Å². The number of carbonyl (C=O) groups excluding carboxylic acids is 1. The first-order valence-corrected chi connectivity index (χ1v) is 5.95. The molecule has 1 aromatic carbocycles. The zero-order valence-electron chi connectivity index (χ0n) is 11.0. The summed E-state index contributed by atoms with van der Waals surface area (Å²) in [7, 11) is 3.66. The van der Waals surface area contributed by atoms with Crippen molar-refractivity contribution >= 4 is 11.6 Å². The van der Waals surface area contributed by atoms with E-state index in [4.69, 9.17) is 10.5 Å². The number of para-hydroxylation sites is 1. The Kier molecular flexibility index (Phi) is 6.18. The van der Waals surface area contributed by atoms with E-state index in [1.54, 1.807) is 25.3 Å². The maximum absolute atomic E-state index is 11.8. The fourth-order valence-corrected chi connectivity index (χ4v) is 1.52. The molecular formula is C13H21N3O2. The van der Waals surface area contributed by atoms with Crippen LogP contribution in [0.5, 0.6) is 0 Å². The molecule has 5 heteroatoms. The third-order valence-electron chi connectivity index (χ3n) is 2.66. The minimum Gasteiger partial charge on any atom is -0.398 e. The Morgan fingerprint density at radius 2 is 2.11 bits per heavy atom. The van der Waals surface area contributed by atoms with Gasteiger partial charge in [-0.2, -0.15) is 0 Å². The van der Waals surface area contributed by atoms with E-state index in [1.165, 1.54) is 0 Å². The first-order valence-electron chi connectivity index (χ1n) is 5.95. The Morgan fingerprint density at radius 3 is 2.78 bits per heavy atom. The van der Waals surface area contributed by atoms with Gasteiger partial charge in [0.05, 0.1) is 12.2 Å². The molecule has 1 amide bonds. The van der Waals surface area contributed by atoms with Crippen molar-refractivity contribution in [3.05, 3.63) is 29.8 Å². The van der Waals surface area contributed by atoms with E-state index in [0.717, 1.165) is 13.1 Å². The van der Waals surface area contributed by atoms with Gasteiger partial charge in [-0.25, -0.2) is 0 Å². The van der Waals surface area contributed by atoms with Crippen molar-refractivity contribution in [2.75, 3.05) is 46.1 Å². The molecule has 0 heterocycles. The Bertz CT molecular complexity index is 382. The van der Waals surface area contributed by atoms with E-state index in [-0.39, 0.29) is 5.91 Å². The molecule has 100 valence electrons. The minimum atomic E-state index is -0.131. The maximum atomic E-state index is 11.8. The standard InChI is InChI=1S/C13H21N3O2/c1-16(9-10-18-2)8-7-15-13(17)11-5-3-4-6-12(11)14/h3-6H,7-10,14H2,1-2H3,(H,15,17). The van der Waals surface area contributed by atoms with Gasteiger partial charge in [0.1, 0.15) is 0 Å². The highest BCUT2D eigenvalue weighted by Gasteiger charge is 2.08. The molecule has 0 unspecified atom stereocenters. The van der Waals surface area contributed by atoms with Crippen LogP contribution in [0.4, 0.5) is 5.69 Å². The fourth-order valence-electron chi connectivity index (χ4n) is 1.52. The molecule has 0 atom stereocenters. The van der Waals surface area contributed by atoms with E-state index < -0.39 is 0 Å². The van der Waals surface area contributed by atoms with E-state index in [0.29, 0.717) is 24.4 Å². The van der Waals surface area contributed by atoms with Crippen LogP contribution in [0.25, 0.3) is 0 Å². The van der Waals surface area contributed by atoms with Gasteiger partial charge in [-0.1, -0.05) is 12.1 Å². The predicted octanol–water partition coefficient (Wildman–Crippen LogP) is 0.577. The van der Waals surface area contributed by atoms with Crippen LogP contribution in [0.1, 0.15) is 10.4 Å². The zero-order chi connectivity index (χ0) is 13.4. The number of nitrogen functional groups attached to an aromatic ring is 1. The van der Waals surface area contributed by atoms with Crippen molar-refractivity contribution in [1.29, 1.82) is 0 Å². The van der Waals surface area contributed by atoms with Gasteiger partial charge < -0.3 is 20.7 Å². The summed E-state index contributed by atoms with van der Waals surface area (Å²) in [5.74, 6) is -0.131. The molecule has 0 aliphatic rings. The summed E-state index contributed by atoms with van der Waals surface area (Å²) < 4.78 is 4.98. The number of rotatable bonds is 7. The highest BCUT2D eigenvalue weighted by molar-refractivity contribution is 5.99. The third-order valence-corrected chi connectivity index (χ3v) is 2.66. The largest absolute Gasteiger partial charge is 0.398 e. The summed E-state index contributed by atoms with van der Waals surface area (Å²) in [5.41, 5.74) is 6.76. The van der Waals surface area contributed by atoms with Crippen LogP contribution in [-0.2, 0) is 4.74 Å². The average molecular weight is 251 g/mol. The van der Waals surface area contributed by atoms with Crippen LogP contribution < -0.4 is 11.1 Å². The Balaban J connectivity index is 2.32. The van der Waals surface area contributed by atoms with Crippen LogP contribution >= 0.6 is 0 Å². The molecule has 18 heavy (non-hydrogen) atoms. The number of amides is 1. The van der Waals surface area contributed by atoms with Gasteiger partial charge in [0.2, 0.25) is 0 Å². The molecule has 1 aromatic rings.